The van der Waals surface area contributed by atoms with Gasteiger partial charge in [0.2, 0.25) is 21.9 Å². The maximum absolute atomic E-state index is 12.6. The summed E-state index contributed by atoms with van der Waals surface area (Å²) in [6.07, 6.45) is 2.39. The van der Waals surface area contributed by atoms with Crippen LogP contribution in [0.2, 0.25) is 0 Å². The minimum absolute atomic E-state index is 0.0209. The number of hydrogen-bond donors (Lipinski definition) is 2. The molecule has 0 bridgehead atoms. The number of amides is 1. The predicted molar refractivity (Wildman–Crippen MR) is 96.3 cm³/mol. The fourth-order valence-corrected chi connectivity index (χ4v) is 4.26. The molecule has 11 heteroatoms. The van der Waals surface area contributed by atoms with E-state index in [1.165, 1.54) is 17.2 Å². The zero-order chi connectivity index (χ0) is 18.9. The van der Waals surface area contributed by atoms with Crippen molar-refractivity contribution in [2.75, 3.05) is 16.8 Å². The van der Waals surface area contributed by atoms with Gasteiger partial charge in [0.25, 0.3) is 0 Å². The van der Waals surface area contributed by atoms with E-state index in [2.05, 4.69) is 21.4 Å². The number of rotatable bonds is 5. The zero-order valence-electron chi connectivity index (χ0n) is 13.8. The van der Waals surface area contributed by atoms with Crippen LogP contribution in [0.4, 0.5) is 17.5 Å². The summed E-state index contributed by atoms with van der Waals surface area (Å²) in [7, 11) is -3.77. The average Bonchev–Trinajstić information content (AvgIpc) is 3.20. The number of hydrogen-bond acceptors (Lipinski definition) is 8. The smallest absolute Gasteiger partial charge is 0.248 e. The molecule has 3 N–H and O–H groups in total. The summed E-state index contributed by atoms with van der Waals surface area (Å²) in [4.78, 5) is 22.5. The number of nitrogens with two attached hydrogens (primary N) is 1. The Morgan fingerprint density at radius 3 is 2.88 bits per heavy atom. The summed E-state index contributed by atoms with van der Waals surface area (Å²) >= 11 is 0.980. The lowest BCUT2D eigenvalue weighted by Crippen LogP contribution is -2.33. The van der Waals surface area contributed by atoms with Gasteiger partial charge < -0.3 is 5.32 Å². The SMILES string of the molecule is CCC1(C#N)CCN(c2ccnc(Nc3csc(S(N)(=O)=O)c3)n2)C1=O. The van der Waals surface area contributed by atoms with Crippen molar-refractivity contribution in [1.82, 2.24) is 9.97 Å². The van der Waals surface area contributed by atoms with Crippen LogP contribution in [-0.4, -0.2) is 30.8 Å². The molecule has 0 aromatic carbocycles. The van der Waals surface area contributed by atoms with Crippen LogP contribution >= 0.6 is 11.3 Å². The van der Waals surface area contributed by atoms with Gasteiger partial charge in [-0.25, -0.2) is 18.5 Å². The molecule has 1 atom stereocenters. The Morgan fingerprint density at radius 1 is 1.54 bits per heavy atom. The number of thiophene rings is 1. The summed E-state index contributed by atoms with van der Waals surface area (Å²) < 4.78 is 22.7. The second kappa shape index (κ2) is 6.64. The van der Waals surface area contributed by atoms with Gasteiger partial charge in [-0.05, 0) is 25.0 Å². The molecular formula is C15H16N6O3S2. The first-order valence-electron chi connectivity index (χ1n) is 7.74. The summed E-state index contributed by atoms with van der Waals surface area (Å²) in [5, 5.41) is 18.9. The van der Waals surface area contributed by atoms with Crippen LogP contribution in [0.3, 0.4) is 0 Å². The van der Waals surface area contributed by atoms with Crippen LogP contribution in [0, 0.1) is 16.7 Å². The van der Waals surface area contributed by atoms with E-state index in [1.54, 1.807) is 11.4 Å². The van der Waals surface area contributed by atoms with Gasteiger partial charge in [0.15, 0.2) is 0 Å². The molecule has 1 aliphatic heterocycles. The highest BCUT2D eigenvalue weighted by atomic mass is 32.2. The van der Waals surface area contributed by atoms with Crippen LogP contribution in [0.25, 0.3) is 0 Å². The number of anilines is 3. The van der Waals surface area contributed by atoms with E-state index in [0.29, 0.717) is 30.9 Å². The normalized spacial score (nSPS) is 20.2. The van der Waals surface area contributed by atoms with Gasteiger partial charge in [0.1, 0.15) is 15.4 Å². The van der Waals surface area contributed by atoms with E-state index in [9.17, 15) is 18.5 Å². The van der Waals surface area contributed by atoms with E-state index in [-0.39, 0.29) is 16.1 Å². The van der Waals surface area contributed by atoms with Gasteiger partial charge in [0, 0.05) is 18.1 Å². The van der Waals surface area contributed by atoms with Gasteiger partial charge in [-0.2, -0.15) is 10.2 Å². The highest BCUT2D eigenvalue weighted by Gasteiger charge is 2.46. The Hall–Kier alpha value is -2.55. The lowest BCUT2D eigenvalue weighted by Gasteiger charge is -2.19. The summed E-state index contributed by atoms with van der Waals surface area (Å²) in [6.45, 7) is 2.22. The Morgan fingerprint density at radius 2 is 2.31 bits per heavy atom. The van der Waals surface area contributed by atoms with Crippen molar-refractivity contribution in [1.29, 1.82) is 5.26 Å². The molecule has 3 heterocycles. The molecule has 0 saturated carbocycles. The molecule has 1 unspecified atom stereocenters. The highest BCUT2D eigenvalue weighted by Crippen LogP contribution is 2.36. The second-order valence-corrected chi connectivity index (χ2v) is 8.52. The van der Waals surface area contributed by atoms with Gasteiger partial charge in [-0.15, -0.1) is 11.3 Å². The maximum Gasteiger partial charge on any atom is 0.248 e. The number of carbonyl (C=O) groups is 1. The number of sulfonamides is 1. The van der Waals surface area contributed by atoms with Crippen molar-refractivity contribution in [3.63, 3.8) is 0 Å². The van der Waals surface area contributed by atoms with E-state index >= 15 is 0 Å². The number of nitriles is 1. The van der Waals surface area contributed by atoms with E-state index in [4.69, 9.17) is 5.14 Å². The van der Waals surface area contributed by atoms with Gasteiger partial charge in [-0.3, -0.25) is 9.69 Å². The van der Waals surface area contributed by atoms with Gasteiger partial charge in [-0.1, -0.05) is 6.92 Å². The number of aromatic nitrogens is 2. The first-order chi connectivity index (χ1) is 12.3. The van der Waals surface area contributed by atoms with E-state index < -0.39 is 15.4 Å². The minimum Gasteiger partial charge on any atom is -0.323 e. The summed E-state index contributed by atoms with van der Waals surface area (Å²) in [5.41, 5.74) is -0.528. The zero-order valence-corrected chi connectivity index (χ0v) is 15.5. The van der Waals surface area contributed by atoms with E-state index in [0.717, 1.165) is 11.3 Å². The largest absolute Gasteiger partial charge is 0.323 e. The fraction of sp³-hybridized carbons (Fsp3) is 0.333. The van der Waals surface area contributed by atoms with Crippen molar-refractivity contribution in [3.05, 3.63) is 23.7 Å². The lowest BCUT2D eigenvalue weighted by molar-refractivity contribution is -0.123. The molecule has 9 nitrogen and oxygen atoms in total. The molecule has 2 aromatic heterocycles. The summed E-state index contributed by atoms with van der Waals surface area (Å²) in [6, 6.07) is 5.11. The number of nitrogens with one attached hydrogen (secondary N) is 1. The average molecular weight is 392 g/mol. The molecule has 1 aliphatic rings. The molecule has 136 valence electrons. The van der Waals surface area contributed by atoms with Crippen molar-refractivity contribution in [3.8, 4) is 6.07 Å². The monoisotopic (exact) mass is 392 g/mol. The minimum atomic E-state index is -3.77. The quantitative estimate of drug-likeness (QED) is 0.786. The molecular weight excluding hydrogens is 376 g/mol. The third-order valence-corrected chi connectivity index (χ3v) is 6.65. The van der Waals surface area contributed by atoms with Crippen LogP contribution in [0.1, 0.15) is 19.8 Å². The Labute approximate surface area is 154 Å². The maximum atomic E-state index is 12.6. The van der Waals surface area contributed by atoms with E-state index in [1.807, 2.05) is 6.92 Å². The Bertz CT molecular complexity index is 997. The van der Waals surface area contributed by atoms with Crippen molar-refractivity contribution in [2.45, 2.75) is 24.0 Å². The molecule has 3 rings (SSSR count). The highest BCUT2D eigenvalue weighted by molar-refractivity contribution is 7.91. The third-order valence-electron chi connectivity index (χ3n) is 4.26. The second-order valence-electron chi connectivity index (χ2n) is 5.82. The molecule has 1 fully saturated rings. The predicted octanol–water partition coefficient (Wildman–Crippen LogP) is 1.59. The summed E-state index contributed by atoms with van der Waals surface area (Å²) in [5.74, 6) is 0.333. The van der Waals surface area contributed by atoms with Crippen LogP contribution in [-0.2, 0) is 14.8 Å². The van der Waals surface area contributed by atoms with Crippen LogP contribution in [0.15, 0.2) is 27.9 Å². The molecule has 1 amide bonds. The Kier molecular flexibility index (Phi) is 4.66. The van der Waals surface area contributed by atoms with Crippen molar-refractivity contribution in [2.24, 2.45) is 10.6 Å². The fourth-order valence-electron chi connectivity index (χ4n) is 2.72. The van der Waals surface area contributed by atoms with Gasteiger partial charge in [0.05, 0.1) is 11.8 Å². The molecule has 26 heavy (non-hydrogen) atoms. The topological polar surface area (TPSA) is 142 Å². The number of nitrogens with zero attached hydrogens (tertiary/aromatic N) is 4. The number of primary sulfonamides is 1. The van der Waals surface area contributed by atoms with Crippen molar-refractivity contribution >= 4 is 44.7 Å². The van der Waals surface area contributed by atoms with Crippen molar-refractivity contribution < 1.29 is 13.2 Å². The van der Waals surface area contributed by atoms with Crippen LogP contribution < -0.4 is 15.4 Å². The van der Waals surface area contributed by atoms with Crippen LogP contribution in [0.5, 0.6) is 0 Å². The molecule has 1 saturated heterocycles. The molecule has 2 aromatic rings. The number of carbonyl (C=O) groups excluding carboxylic acids is 1. The lowest BCUT2D eigenvalue weighted by atomic mass is 9.85. The third kappa shape index (κ3) is 3.26. The first-order valence-corrected chi connectivity index (χ1v) is 10.2. The Balaban J connectivity index is 1.83. The molecule has 0 aliphatic carbocycles. The van der Waals surface area contributed by atoms with Gasteiger partial charge >= 0.3 is 0 Å². The standard InChI is InChI=1S/C15H16N6O3S2/c1-2-15(9-16)4-6-21(13(15)22)11-3-5-18-14(20-11)19-10-7-12(25-8-10)26(17,23)24/h3,5,7-8H,2,4,6H2,1H3,(H2,17,23,24)(H,18,19,20). The molecule has 0 spiro atoms. The first kappa shape index (κ1) is 18.2. The molecule has 0 radical (unpaired) electrons.